The zero-order chi connectivity index (χ0) is 44.0. The van der Waals surface area contributed by atoms with Gasteiger partial charge in [-0.2, -0.15) is 0 Å². The normalized spacial score (nSPS) is 55.0. The van der Waals surface area contributed by atoms with E-state index in [2.05, 4.69) is 19.9 Å². The zero-order valence-electron chi connectivity index (χ0n) is 37.3. The van der Waals surface area contributed by atoms with E-state index in [9.17, 15) is 30.0 Å². The fourth-order valence-electron chi connectivity index (χ4n) is 12.5. The number of hydrogen-bond acceptors (Lipinski definition) is 15. The van der Waals surface area contributed by atoms with E-state index in [1.807, 2.05) is 26.0 Å². The number of ketones is 1. The highest BCUT2D eigenvalue weighted by Crippen LogP contribution is 2.55. The molecular formula is C47H70O15. The van der Waals surface area contributed by atoms with Crippen LogP contribution in [0.2, 0.25) is 0 Å². The molecule has 15 nitrogen and oxygen atoms in total. The molecule has 0 radical (unpaired) electrons. The predicted molar refractivity (Wildman–Crippen MR) is 219 cm³/mol. The van der Waals surface area contributed by atoms with Crippen LogP contribution in [-0.2, 0) is 52.2 Å². The Hall–Kier alpha value is -1.86. The number of esters is 1. The van der Waals surface area contributed by atoms with Gasteiger partial charge in [-0.25, -0.2) is 0 Å². The first-order valence-electron chi connectivity index (χ1n) is 23.5. The van der Waals surface area contributed by atoms with E-state index in [1.165, 1.54) is 0 Å². The third-order valence-electron chi connectivity index (χ3n) is 16.0. The molecule has 62 heavy (non-hydrogen) atoms. The predicted octanol–water partition coefficient (Wildman–Crippen LogP) is 4.23. The average molecular weight is 875 g/mol. The number of fused-ring (bicyclic) bond motifs is 10. The number of aliphatic hydroxyl groups excluding tert-OH is 3. The standard InChI is InChI=1S/C47H70O15/c1-26-9-10-32-34(21-37(55-32)47(53)39(50)28(3)13-19-54-47)56-41(52)29(4)31-8-7-14-45(57-31)16-11-33(58-45)40(51)43(6)23-30(49)38(61-43)35-24-44(25-48)17-18-46(59-35,62-44)36-12-15-42(5,60-36)22-27(2)20-26/h9-10,20,27-29,31-40,48,50-51,53H,7-8,11-19,21-25H2,1-6H3/b10-9+,26-20+/t27-,28+,29+,31-,32+,33-,34+,35+,36+,37-,38+,39+,40-,42+,43+,44-,45+,46-,47+/m0/s1. The number of aliphatic hydroxyl groups is 4. The number of allylic oxidation sites excluding steroid dienone is 3. The summed E-state index contributed by atoms with van der Waals surface area (Å²) >= 11 is 0. The van der Waals surface area contributed by atoms with Crippen LogP contribution in [0.25, 0.3) is 0 Å². The van der Waals surface area contributed by atoms with Crippen molar-refractivity contribution in [1.82, 2.24) is 0 Å². The molecule has 9 aliphatic heterocycles. The summed E-state index contributed by atoms with van der Waals surface area (Å²) in [5, 5.41) is 45.5. The van der Waals surface area contributed by atoms with E-state index in [-0.39, 0.29) is 50.1 Å². The van der Waals surface area contributed by atoms with Crippen molar-refractivity contribution in [2.45, 2.75) is 227 Å². The van der Waals surface area contributed by atoms with Crippen LogP contribution in [0.1, 0.15) is 131 Å². The molecule has 9 rings (SSSR count). The molecule has 9 heterocycles. The van der Waals surface area contributed by atoms with Crippen LogP contribution in [0.5, 0.6) is 0 Å². The lowest BCUT2D eigenvalue weighted by atomic mass is 9.87. The molecule has 15 heteroatoms. The van der Waals surface area contributed by atoms with Gasteiger partial charge in [0.05, 0.1) is 48.6 Å². The molecule has 19 atom stereocenters. The first-order valence-corrected chi connectivity index (χ1v) is 23.5. The highest BCUT2D eigenvalue weighted by Gasteiger charge is 2.66. The van der Waals surface area contributed by atoms with E-state index < -0.39 is 107 Å². The average Bonchev–Trinajstić information content (AvgIpc) is 4.06. The number of carbonyl (C=O) groups excluding carboxylic acids is 2. The Labute approximate surface area is 365 Å². The van der Waals surface area contributed by atoms with Gasteiger partial charge in [0, 0.05) is 38.5 Å². The molecule has 8 fully saturated rings. The Bertz CT molecular complexity index is 1770. The van der Waals surface area contributed by atoms with Gasteiger partial charge in [0.1, 0.15) is 48.3 Å². The van der Waals surface area contributed by atoms with Gasteiger partial charge in [0.15, 0.2) is 17.4 Å². The van der Waals surface area contributed by atoms with Crippen LogP contribution in [0.3, 0.4) is 0 Å². The molecule has 0 aromatic rings. The molecule has 348 valence electrons. The van der Waals surface area contributed by atoms with Crippen molar-refractivity contribution < 1.29 is 72.6 Å². The number of rotatable bonds is 2. The van der Waals surface area contributed by atoms with Crippen molar-refractivity contribution in [3.63, 3.8) is 0 Å². The maximum atomic E-state index is 14.1. The number of hydrogen-bond donors (Lipinski definition) is 4. The first kappa shape index (κ1) is 45.3. The Morgan fingerprint density at radius 3 is 2.39 bits per heavy atom. The van der Waals surface area contributed by atoms with E-state index in [0.29, 0.717) is 57.8 Å². The van der Waals surface area contributed by atoms with Crippen molar-refractivity contribution in [2.75, 3.05) is 13.2 Å². The highest BCUT2D eigenvalue weighted by molar-refractivity contribution is 5.86. The third-order valence-corrected chi connectivity index (χ3v) is 16.0. The van der Waals surface area contributed by atoms with Crippen molar-refractivity contribution >= 4 is 11.8 Å². The van der Waals surface area contributed by atoms with Gasteiger partial charge in [0.2, 0.25) is 5.79 Å². The summed E-state index contributed by atoms with van der Waals surface area (Å²) in [6, 6.07) is 0. The second kappa shape index (κ2) is 16.5. The molecule has 0 aliphatic carbocycles. The number of carbonyl (C=O) groups is 2. The lowest BCUT2D eigenvalue weighted by molar-refractivity contribution is -0.365. The van der Waals surface area contributed by atoms with E-state index in [0.717, 1.165) is 18.4 Å². The molecule has 0 aromatic carbocycles. The van der Waals surface area contributed by atoms with Crippen molar-refractivity contribution in [3.05, 3.63) is 23.8 Å². The molecule has 0 saturated carbocycles. The summed E-state index contributed by atoms with van der Waals surface area (Å²) in [6.07, 6.45) is 4.76. The Morgan fingerprint density at radius 1 is 0.806 bits per heavy atom. The van der Waals surface area contributed by atoms with Crippen LogP contribution >= 0.6 is 0 Å². The molecule has 0 aromatic heterocycles. The summed E-state index contributed by atoms with van der Waals surface area (Å²) < 4.78 is 58.8. The van der Waals surface area contributed by atoms with Crippen molar-refractivity contribution in [1.29, 1.82) is 0 Å². The van der Waals surface area contributed by atoms with Crippen LogP contribution in [0.15, 0.2) is 23.8 Å². The minimum Gasteiger partial charge on any atom is -0.459 e. The Balaban J connectivity index is 1.01. The van der Waals surface area contributed by atoms with Gasteiger partial charge < -0.3 is 63.1 Å². The van der Waals surface area contributed by atoms with Gasteiger partial charge in [-0.1, -0.05) is 37.6 Å². The van der Waals surface area contributed by atoms with Gasteiger partial charge in [-0.05, 0) is 90.9 Å². The van der Waals surface area contributed by atoms with Crippen LogP contribution in [-0.4, -0.2) is 141 Å². The fraction of sp³-hybridized carbons (Fsp3) is 0.872. The molecule has 0 unspecified atom stereocenters. The van der Waals surface area contributed by atoms with E-state index >= 15 is 0 Å². The molecule has 2 spiro atoms. The van der Waals surface area contributed by atoms with E-state index in [1.54, 1.807) is 13.8 Å². The van der Waals surface area contributed by atoms with Crippen molar-refractivity contribution in [3.8, 4) is 0 Å². The summed E-state index contributed by atoms with van der Waals surface area (Å²) in [5.41, 5.74) is -1.73. The molecule has 4 N–H and O–H groups in total. The Kier molecular flexibility index (Phi) is 12.0. The van der Waals surface area contributed by atoms with Gasteiger partial charge in [0.25, 0.3) is 0 Å². The van der Waals surface area contributed by atoms with Crippen molar-refractivity contribution in [2.24, 2.45) is 17.8 Å². The quantitative estimate of drug-likeness (QED) is 0.288. The van der Waals surface area contributed by atoms with E-state index in [4.69, 9.17) is 42.6 Å². The Morgan fingerprint density at radius 2 is 1.60 bits per heavy atom. The molecule has 8 saturated heterocycles. The smallest absolute Gasteiger partial charge is 0.311 e. The van der Waals surface area contributed by atoms with Crippen LogP contribution in [0.4, 0.5) is 0 Å². The van der Waals surface area contributed by atoms with Crippen LogP contribution in [0, 0.1) is 17.8 Å². The summed E-state index contributed by atoms with van der Waals surface area (Å²) in [6.45, 7) is 11.7. The lowest BCUT2D eigenvalue weighted by Gasteiger charge is -2.47. The van der Waals surface area contributed by atoms with Gasteiger partial charge >= 0.3 is 5.97 Å². The number of Topliss-reactive ketones (excluding diaryl/α,β-unsaturated/α-hetero) is 1. The third kappa shape index (κ3) is 8.09. The fourth-order valence-corrected chi connectivity index (χ4v) is 12.5. The molecule has 9 aliphatic rings. The minimum absolute atomic E-state index is 0.0379. The minimum atomic E-state index is -1.97. The maximum Gasteiger partial charge on any atom is 0.311 e. The summed E-state index contributed by atoms with van der Waals surface area (Å²) in [5.74, 6) is -5.63. The molecule has 10 bridgehead atoms. The first-order chi connectivity index (χ1) is 29.3. The summed E-state index contributed by atoms with van der Waals surface area (Å²) in [7, 11) is 0. The summed E-state index contributed by atoms with van der Waals surface area (Å²) in [4.78, 5) is 28.0. The van der Waals surface area contributed by atoms with Gasteiger partial charge in [-0.3, -0.25) is 9.59 Å². The monoisotopic (exact) mass is 874 g/mol. The molecule has 0 amide bonds. The SMILES string of the molecule is CC1=C\[C@H](C)C[C@@]2(C)CC[C@@H](O2)[C@@]23CC[C@@](CO)(C[C@@H](O2)[C@@H]2O[C@](C)(CC2=O)[C@@H](O)[C@@H]2CC[C@@]4(CCC[C@H](O4)[C@@H](C)C(=O)O[C@@H]4C[C@@H]([C@@]5(O)OCC[C@@H](C)[C@H]5O)O[C@@H]4\C=C\1)O2)O3. The van der Waals surface area contributed by atoms with Gasteiger partial charge in [-0.15, -0.1) is 0 Å². The number of ether oxygens (including phenoxy) is 9. The second-order valence-corrected chi connectivity index (χ2v) is 21.2. The second-order valence-electron chi connectivity index (χ2n) is 21.2. The zero-order valence-corrected chi connectivity index (χ0v) is 37.3. The van der Waals surface area contributed by atoms with Crippen LogP contribution < -0.4 is 0 Å². The lowest BCUT2D eigenvalue weighted by Crippen LogP contribution is -2.59. The molecular weight excluding hydrogens is 805 g/mol. The largest absolute Gasteiger partial charge is 0.459 e. The maximum absolute atomic E-state index is 14.1. The highest BCUT2D eigenvalue weighted by atomic mass is 16.8. The topological polar surface area (TPSA) is 198 Å².